The van der Waals surface area contributed by atoms with Crippen molar-refractivity contribution in [1.29, 1.82) is 0 Å². The Kier molecular flexibility index (Phi) is 4.80. The summed E-state index contributed by atoms with van der Waals surface area (Å²) in [5, 5.41) is -0.0165. The molecule has 0 aliphatic carbocycles. The number of rotatable bonds is 2. The smallest absolute Gasteiger partial charge is 0.244 e. The highest BCUT2D eigenvalue weighted by Gasteiger charge is 2.74. The molecule has 0 saturated carbocycles. The Morgan fingerprint density at radius 1 is 0.960 bits per heavy atom. The summed E-state index contributed by atoms with van der Waals surface area (Å²) in [5.74, 6) is 0. The minimum Gasteiger partial charge on any atom is -0.244 e. The third-order valence-corrected chi connectivity index (χ3v) is 3.78. The second-order valence-corrected chi connectivity index (χ2v) is 5.78. The van der Waals surface area contributed by atoms with Crippen LogP contribution in [-0.4, -0.2) is 17.3 Å². The van der Waals surface area contributed by atoms with Crippen LogP contribution in [0.3, 0.4) is 0 Å². The second-order valence-electron chi connectivity index (χ2n) is 5.39. The first kappa shape index (κ1) is 19.5. The molecule has 2 aromatic rings. The summed E-state index contributed by atoms with van der Waals surface area (Å²) in [6.07, 6.45) is -11.4. The topological polar surface area (TPSA) is 12.9 Å². The quantitative estimate of drug-likeness (QED) is 0.450. The SMILES string of the molecule is Cc1[c]c(C)c(-c2ccc(Cl)nc2)c(C(F)(C(F)(F)F)C(F)(F)F)c1. The highest BCUT2D eigenvalue weighted by Crippen LogP contribution is 2.55. The molecule has 1 aromatic carbocycles. The van der Waals surface area contributed by atoms with Gasteiger partial charge >= 0.3 is 18.0 Å². The van der Waals surface area contributed by atoms with E-state index in [-0.39, 0.29) is 21.8 Å². The Morgan fingerprint density at radius 2 is 1.52 bits per heavy atom. The molecule has 1 nitrogen and oxygen atoms in total. The molecule has 0 aliphatic rings. The number of hydrogen-bond acceptors (Lipinski definition) is 1. The fourth-order valence-corrected chi connectivity index (χ4v) is 2.63. The maximum Gasteiger partial charge on any atom is 0.435 e. The van der Waals surface area contributed by atoms with Crippen molar-refractivity contribution in [3.05, 3.63) is 52.3 Å². The summed E-state index contributed by atoms with van der Waals surface area (Å²) in [4.78, 5) is 3.63. The standard InChI is InChI=1S/C16H10ClF7N/c1-8-5-9(2)13(10-3-4-12(17)25-7-10)11(6-8)14(18,15(19,20)21)16(22,23)24/h3-4,6-7H,1-2H3. The van der Waals surface area contributed by atoms with Crippen LogP contribution in [0, 0.1) is 19.9 Å². The summed E-state index contributed by atoms with van der Waals surface area (Å²) in [5.41, 5.74) is -7.94. The van der Waals surface area contributed by atoms with E-state index in [4.69, 9.17) is 11.6 Å². The molecule has 0 amide bonds. The molecule has 25 heavy (non-hydrogen) atoms. The molecule has 2 rings (SSSR count). The molecule has 0 atom stereocenters. The van der Waals surface area contributed by atoms with Crippen molar-refractivity contribution >= 4 is 11.6 Å². The number of nitrogens with zero attached hydrogens (tertiary/aromatic N) is 1. The molecule has 0 spiro atoms. The first-order valence-electron chi connectivity index (χ1n) is 6.77. The van der Waals surface area contributed by atoms with Crippen LogP contribution in [0.25, 0.3) is 11.1 Å². The lowest BCUT2D eigenvalue weighted by Crippen LogP contribution is -2.50. The summed E-state index contributed by atoms with van der Waals surface area (Å²) in [6, 6.07) is 5.45. The number of alkyl halides is 7. The van der Waals surface area contributed by atoms with Gasteiger partial charge in [0.2, 0.25) is 0 Å². The van der Waals surface area contributed by atoms with Gasteiger partial charge in [-0.3, -0.25) is 0 Å². The van der Waals surface area contributed by atoms with Crippen LogP contribution in [0.1, 0.15) is 16.7 Å². The normalized spacial score (nSPS) is 13.2. The minimum absolute atomic E-state index is 0.0165. The maximum absolute atomic E-state index is 14.6. The Balaban J connectivity index is 2.91. The zero-order valence-electron chi connectivity index (χ0n) is 12.8. The van der Waals surface area contributed by atoms with Crippen molar-refractivity contribution in [2.45, 2.75) is 31.9 Å². The summed E-state index contributed by atoms with van der Waals surface area (Å²) < 4.78 is 93.6. The maximum atomic E-state index is 14.6. The second kappa shape index (κ2) is 6.16. The summed E-state index contributed by atoms with van der Waals surface area (Å²) in [7, 11) is 0. The number of benzene rings is 1. The van der Waals surface area contributed by atoms with Gasteiger partial charge in [0, 0.05) is 17.3 Å². The first-order valence-corrected chi connectivity index (χ1v) is 7.15. The molecule has 1 aromatic heterocycles. The van der Waals surface area contributed by atoms with E-state index in [0.717, 1.165) is 12.3 Å². The van der Waals surface area contributed by atoms with E-state index >= 15 is 0 Å². The van der Waals surface area contributed by atoms with E-state index in [1.54, 1.807) is 0 Å². The Morgan fingerprint density at radius 3 is 1.96 bits per heavy atom. The van der Waals surface area contributed by atoms with Crippen molar-refractivity contribution in [2.24, 2.45) is 0 Å². The minimum atomic E-state index is -6.21. The largest absolute Gasteiger partial charge is 0.435 e. The van der Waals surface area contributed by atoms with Crippen LogP contribution >= 0.6 is 11.6 Å². The van der Waals surface area contributed by atoms with E-state index in [0.29, 0.717) is 6.07 Å². The lowest BCUT2D eigenvalue weighted by molar-refractivity contribution is -0.348. The lowest BCUT2D eigenvalue weighted by atomic mass is 9.84. The predicted octanol–water partition coefficient (Wildman–Crippen LogP) is 6.11. The van der Waals surface area contributed by atoms with Gasteiger partial charge in [-0.2, -0.15) is 26.3 Å². The molecule has 0 unspecified atom stereocenters. The Hall–Kier alpha value is -1.83. The molecular formula is C16H10ClF7N. The van der Waals surface area contributed by atoms with Gasteiger partial charge in [-0.05, 0) is 48.7 Å². The third kappa shape index (κ3) is 3.31. The number of pyridine rings is 1. The van der Waals surface area contributed by atoms with Crippen molar-refractivity contribution in [3.63, 3.8) is 0 Å². The zero-order chi connectivity index (χ0) is 19.2. The number of aryl methyl sites for hydroxylation is 2. The van der Waals surface area contributed by atoms with Crippen LogP contribution < -0.4 is 0 Å². The van der Waals surface area contributed by atoms with Crippen LogP contribution in [0.5, 0.6) is 0 Å². The average Bonchev–Trinajstić information content (AvgIpc) is 2.44. The van der Waals surface area contributed by atoms with E-state index in [9.17, 15) is 30.7 Å². The molecule has 0 bridgehead atoms. The van der Waals surface area contributed by atoms with E-state index < -0.39 is 29.1 Å². The molecule has 1 heterocycles. The molecular weight excluding hydrogens is 375 g/mol. The molecule has 0 fully saturated rings. The van der Waals surface area contributed by atoms with Gasteiger partial charge in [-0.1, -0.05) is 17.7 Å². The van der Waals surface area contributed by atoms with Crippen LogP contribution in [0.2, 0.25) is 5.15 Å². The first-order chi connectivity index (χ1) is 11.3. The lowest BCUT2D eigenvalue weighted by Gasteiger charge is -2.32. The molecule has 9 heteroatoms. The summed E-state index contributed by atoms with van der Waals surface area (Å²) >= 11 is 5.59. The van der Waals surface area contributed by atoms with Crippen molar-refractivity contribution in [1.82, 2.24) is 4.98 Å². The van der Waals surface area contributed by atoms with Crippen molar-refractivity contribution < 1.29 is 30.7 Å². The average molecular weight is 385 g/mol. The van der Waals surface area contributed by atoms with Gasteiger partial charge in [0.15, 0.2) is 0 Å². The molecule has 135 valence electrons. The highest BCUT2D eigenvalue weighted by molar-refractivity contribution is 6.29. The number of aromatic nitrogens is 1. The fraction of sp³-hybridized carbons (Fsp3) is 0.312. The summed E-state index contributed by atoms with van der Waals surface area (Å²) in [6.45, 7) is 2.47. The van der Waals surface area contributed by atoms with Gasteiger partial charge in [0.1, 0.15) is 5.15 Å². The number of hydrogen-bond donors (Lipinski definition) is 0. The number of halogens is 8. The van der Waals surface area contributed by atoms with Crippen molar-refractivity contribution in [3.8, 4) is 11.1 Å². The van der Waals surface area contributed by atoms with E-state index in [1.165, 1.54) is 19.9 Å². The highest BCUT2D eigenvalue weighted by atomic mass is 35.5. The van der Waals surface area contributed by atoms with Crippen LogP contribution in [-0.2, 0) is 5.67 Å². The predicted molar refractivity (Wildman–Crippen MR) is 77.9 cm³/mol. The van der Waals surface area contributed by atoms with Crippen LogP contribution in [0.4, 0.5) is 30.7 Å². The van der Waals surface area contributed by atoms with Crippen LogP contribution in [0.15, 0.2) is 24.4 Å². The molecule has 0 aliphatic heterocycles. The van der Waals surface area contributed by atoms with Crippen molar-refractivity contribution in [2.75, 3.05) is 0 Å². The van der Waals surface area contributed by atoms with Gasteiger partial charge in [-0.25, -0.2) is 9.37 Å². The van der Waals surface area contributed by atoms with Gasteiger partial charge in [0.05, 0.1) is 0 Å². The Labute approximate surface area is 143 Å². The zero-order valence-corrected chi connectivity index (χ0v) is 13.5. The Bertz CT molecular complexity index is 765. The van der Waals surface area contributed by atoms with E-state index in [2.05, 4.69) is 11.1 Å². The van der Waals surface area contributed by atoms with E-state index in [1.807, 2.05) is 0 Å². The van der Waals surface area contributed by atoms with Gasteiger partial charge in [-0.15, -0.1) is 0 Å². The molecule has 0 saturated heterocycles. The fourth-order valence-electron chi connectivity index (χ4n) is 2.52. The third-order valence-electron chi connectivity index (χ3n) is 3.56. The molecule has 0 N–H and O–H groups in total. The van der Waals surface area contributed by atoms with Gasteiger partial charge < -0.3 is 0 Å². The monoisotopic (exact) mass is 384 g/mol. The molecule has 1 radical (unpaired) electrons. The van der Waals surface area contributed by atoms with Gasteiger partial charge in [0.25, 0.3) is 0 Å².